The third-order valence-corrected chi connectivity index (χ3v) is 3.22. The van der Waals surface area contributed by atoms with Gasteiger partial charge in [-0.05, 0) is 0 Å². The number of carbonyl (C=O) groups is 3. The summed E-state index contributed by atoms with van der Waals surface area (Å²) in [6.45, 7) is 1.29. The van der Waals surface area contributed by atoms with E-state index >= 15 is 0 Å². The minimum Gasteiger partial charge on any atom is -0.476 e. The van der Waals surface area contributed by atoms with Gasteiger partial charge >= 0.3 is 11.9 Å². The van der Waals surface area contributed by atoms with Crippen LogP contribution in [0.3, 0.4) is 0 Å². The summed E-state index contributed by atoms with van der Waals surface area (Å²) in [5.74, 6) is -2.72. The maximum atomic E-state index is 11.4. The Hall–Kier alpha value is -1.12. The van der Waals surface area contributed by atoms with Crippen molar-refractivity contribution in [2.24, 2.45) is 0 Å². The molecule has 0 aromatic rings. The fourth-order valence-electron chi connectivity index (χ4n) is 1.09. The summed E-state index contributed by atoms with van der Waals surface area (Å²) in [4.78, 5) is 32.9. The number of thioether (sulfide) groups is 1. The number of ether oxygens (including phenoxy) is 3. The number of rotatable bonds is 11. The minimum atomic E-state index is -1.55. The summed E-state index contributed by atoms with van der Waals surface area (Å²) in [6.07, 6.45) is -0.384. The van der Waals surface area contributed by atoms with Crippen LogP contribution in [0.25, 0.3) is 0 Å². The van der Waals surface area contributed by atoms with Crippen LogP contribution in [0.1, 0.15) is 6.42 Å². The van der Waals surface area contributed by atoms with E-state index in [0.29, 0.717) is 25.6 Å². The van der Waals surface area contributed by atoms with Crippen LogP contribution in [0.15, 0.2) is 0 Å². The summed E-state index contributed by atoms with van der Waals surface area (Å²) >= 11 is 1.13. The zero-order chi connectivity index (χ0) is 14.7. The lowest BCUT2D eigenvalue weighted by molar-refractivity contribution is -0.150. The number of aliphatic carboxylic acids is 1. The number of esters is 1. The Kier molecular flexibility index (Phi) is 10.1. The second kappa shape index (κ2) is 10.8. The Morgan fingerprint density at radius 3 is 2.37 bits per heavy atom. The lowest BCUT2D eigenvalue weighted by Crippen LogP contribution is -2.26. The van der Waals surface area contributed by atoms with Crippen molar-refractivity contribution in [2.75, 3.05) is 39.8 Å². The molecule has 1 unspecified atom stereocenters. The molecule has 0 aliphatic carbocycles. The molecule has 0 amide bonds. The minimum absolute atomic E-state index is 0.378. The van der Waals surface area contributed by atoms with E-state index < -0.39 is 23.0 Å². The SMILES string of the molecule is COCCOCCSC(CC(=O)C(=O)O)C(=O)OC. The molecule has 7 nitrogen and oxygen atoms in total. The van der Waals surface area contributed by atoms with Crippen LogP contribution in [-0.4, -0.2) is 67.9 Å². The molecule has 0 aliphatic rings. The molecular formula is C11H18O7S. The van der Waals surface area contributed by atoms with Gasteiger partial charge < -0.3 is 19.3 Å². The topological polar surface area (TPSA) is 99.1 Å². The smallest absolute Gasteiger partial charge is 0.372 e. The molecule has 0 saturated heterocycles. The van der Waals surface area contributed by atoms with Gasteiger partial charge in [0.05, 0.1) is 26.9 Å². The molecule has 19 heavy (non-hydrogen) atoms. The highest BCUT2D eigenvalue weighted by Gasteiger charge is 2.26. The molecule has 110 valence electrons. The monoisotopic (exact) mass is 294 g/mol. The Bertz CT molecular complexity index is 305. The highest BCUT2D eigenvalue weighted by Crippen LogP contribution is 2.16. The molecule has 0 aromatic carbocycles. The van der Waals surface area contributed by atoms with Crippen molar-refractivity contribution in [1.29, 1.82) is 0 Å². The normalized spacial score (nSPS) is 11.9. The molecule has 0 fully saturated rings. The number of hydrogen-bond donors (Lipinski definition) is 1. The molecular weight excluding hydrogens is 276 g/mol. The van der Waals surface area contributed by atoms with Gasteiger partial charge in [-0.2, -0.15) is 0 Å². The van der Waals surface area contributed by atoms with Crippen LogP contribution in [0, 0.1) is 0 Å². The Labute approximate surface area is 115 Å². The predicted octanol–water partition coefficient (Wildman–Crippen LogP) is -0.0320. The second-order valence-corrected chi connectivity index (χ2v) is 4.73. The Morgan fingerprint density at radius 1 is 1.16 bits per heavy atom. The van der Waals surface area contributed by atoms with E-state index in [2.05, 4.69) is 4.74 Å². The van der Waals surface area contributed by atoms with E-state index in [1.54, 1.807) is 7.11 Å². The summed E-state index contributed by atoms with van der Waals surface area (Å²) in [5, 5.41) is 7.68. The van der Waals surface area contributed by atoms with Crippen LogP contribution in [-0.2, 0) is 28.6 Å². The molecule has 8 heteroatoms. The van der Waals surface area contributed by atoms with Crippen molar-refractivity contribution in [3.8, 4) is 0 Å². The van der Waals surface area contributed by atoms with E-state index in [1.165, 1.54) is 7.11 Å². The standard InChI is InChI=1S/C11H18O7S/c1-16-3-4-18-5-6-19-9(11(15)17-2)7-8(12)10(13)14/h9H,3-7H2,1-2H3,(H,13,14). The van der Waals surface area contributed by atoms with Crippen molar-refractivity contribution in [3.63, 3.8) is 0 Å². The van der Waals surface area contributed by atoms with E-state index in [9.17, 15) is 14.4 Å². The fourth-order valence-corrected chi connectivity index (χ4v) is 2.09. The number of methoxy groups -OCH3 is 2. The lowest BCUT2D eigenvalue weighted by atomic mass is 10.2. The van der Waals surface area contributed by atoms with E-state index in [0.717, 1.165) is 11.8 Å². The fraction of sp³-hybridized carbons (Fsp3) is 0.727. The maximum absolute atomic E-state index is 11.4. The van der Waals surface area contributed by atoms with E-state index in [-0.39, 0.29) is 6.42 Å². The zero-order valence-electron chi connectivity index (χ0n) is 10.9. The summed E-state index contributed by atoms with van der Waals surface area (Å²) in [7, 11) is 2.75. The van der Waals surface area contributed by atoms with Crippen LogP contribution >= 0.6 is 11.8 Å². The van der Waals surface area contributed by atoms with Gasteiger partial charge in [0.2, 0.25) is 5.78 Å². The predicted molar refractivity (Wildman–Crippen MR) is 68.2 cm³/mol. The number of ketones is 1. The molecule has 0 bridgehead atoms. The van der Waals surface area contributed by atoms with Crippen LogP contribution in [0.2, 0.25) is 0 Å². The first-order valence-corrected chi connectivity index (χ1v) is 6.60. The first kappa shape index (κ1) is 17.9. The van der Waals surface area contributed by atoms with Gasteiger partial charge in [-0.3, -0.25) is 9.59 Å². The van der Waals surface area contributed by atoms with Crippen molar-refractivity contribution in [3.05, 3.63) is 0 Å². The van der Waals surface area contributed by atoms with Crippen molar-refractivity contribution >= 4 is 29.5 Å². The van der Waals surface area contributed by atoms with Crippen LogP contribution in [0.5, 0.6) is 0 Å². The van der Waals surface area contributed by atoms with Crippen molar-refractivity contribution < 1.29 is 33.7 Å². The largest absolute Gasteiger partial charge is 0.476 e. The van der Waals surface area contributed by atoms with Crippen LogP contribution in [0.4, 0.5) is 0 Å². The Balaban J connectivity index is 4.04. The first-order valence-electron chi connectivity index (χ1n) is 5.55. The highest BCUT2D eigenvalue weighted by atomic mass is 32.2. The molecule has 0 saturated carbocycles. The van der Waals surface area contributed by atoms with Gasteiger partial charge in [0.25, 0.3) is 0 Å². The summed E-state index contributed by atoms with van der Waals surface area (Å²) in [6, 6.07) is 0. The summed E-state index contributed by atoms with van der Waals surface area (Å²) < 4.78 is 14.5. The third kappa shape index (κ3) is 8.57. The van der Waals surface area contributed by atoms with Crippen molar-refractivity contribution in [2.45, 2.75) is 11.7 Å². The zero-order valence-corrected chi connectivity index (χ0v) is 11.7. The van der Waals surface area contributed by atoms with Gasteiger partial charge in [0.15, 0.2) is 0 Å². The van der Waals surface area contributed by atoms with Gasteiger partial charge in [-0.1, -0.05) is 0 Å². The number of hydrogen-bond acceptors (Lipinski definition) is 7. The second-order valence-electron chi connectivity index (χ2n) is 3.42. The molecule has 0 spiro atoms. The van der Waals surface area contributed by atoms with Crippen LogP contribution < -0.4 is 0 Å². The first-order chi connectivity index (χ1) is 9.02. The number of carboxylic acids is 1. The average molecular weight is 294 g/mol. The number of Topliss-reactive ketones (excluding diaryl/α,β-unsaturated/α-hetero) is 1. The third-order valence-electron chi connectivity index (χ3n) is 2.05. The Morgan fingerprint density at radius 2 is 1.84 bits per heavy atom. The molecule has 0 rings (SSSR count). The molecule has 0 heterocycles. The maximum Gasteiger partial charge on any atom is 0.372 e. The molecule has 1 atom stereocenters. The number of carboxylic acid groups (broad SMARTS) is 1. The summed E-state index contributed by atoms with van der Waals surface area (Å²) in [5.41, 5.74) is 0. The molecule has 0 aliphatic heterocycles. The van der Waals surface area contributed by atoms with E-state index in [4.69, 9.17) is 14.6 Å². The van der Waals surface area contributed by atoms with Gasteiger partial charge in [0, 0.05) is 19.3 Å². The van der Waals surface area contributed by atoms with Gasteiger partial charge in [0.1, 0.15) is 5.25 Å². The molecule has 0 aromatic heterocycles. The van der Waals surface area contributed by atoms with Crippen molar-refractivity contribution in [1.82, 2.24) is 0 Å². The van der Waals surface area contributed by atoms with Gasteiger partial charge in [-0.15, -0.1) is 11.8 Å². The number of carbonyl (C=O) groups excluding carboxylic acids is 2. The molecule has 1 N–H and O–H groups in total. The highest BCUT2D eigenvalue weighted by molar-refractivity contribution is 8.00. The van der Waals surface area contributed by atoms with Gasteiger partial charge in [-0.25, -0.2) is 4.79 Å². The lowest BCUT2D eigenvalue weighted by Gasteiger charge is -2.12. The van der Waals surface area contributed by atoms with E-state index in [1.807, 2.05) is 0 Å². The quantitative estimate of drug-likeness (QED) is 0.322. The average Bonchev–Trinajstić information content (AvgIpc) is 2.39. The molecule has 0 radical (unpaired) electrons.